The highest BCUT2D eigenvalue weighted by Crippen LogP contribution is 2.20. The molecule has 0 aliphatic carbocycles. The van der Waals surface area contributed by atoms with Crippen molar-refractivity contribution in [3.8, 4) is 0 Å². The SMILES string of the molecule is O=C(c1cc2c(F)cccc2[nH]1)N1CCN(c2ncccn2)CC1. The highest BCUT2D eigenvalue weighted by Gasteiger charge is 2.24. The molecule has 0 radical (unpaired) electrons. The fraction of sp³-hybridized carbons (Fsp3) is 0.235. The van der Waals surface area contributed by atoms with Gasteiger partial charge in [-0.25, -0.2) is 14.4 Å². The molecule has 4 rings (SSSR count). The first-order valence-electron chi connectivity index (χ1n) is 7.81. The van der Waals surface area contributed by atoms with Crippen molar-refractivity contribution in [1.29, 1.82) is 0 Å². The van der Waals surface area contributed by atoms with Crippen LogP contribution in [0.1, 0.15) is 10.5 Å². The lowest BCUT2D eigenvalue weighted by atomic mass is 10.2. The Labute approximate surface area is 137 Å². The van der Waals surface area contributed by atoms with E-state index in [-0.39, 0.29) is 11.7 Å². The molecule has 3 aromatic rings. The van der Waals surface area contributed by atoms with Gasteiger partial charge < -0.3 is 14.8 Å². The number of nitrogens with zero attached hydrogens (tertiary/aromatic N) is 4. The number of aromatic nitrogens is 3. The summed E-state index contributed by atoms with van der Waals surface area (Å²) in [4.78, 5) is 27.9. The van der Waals surface area contributed by atoms with Crippen molar-refractivity contribution in [3.05, 3.63) is 54.2 Å². The number of hydrogen-bond donors (Lipinski definition) is 1. The van der Waals surface area contributed by atoms with E-state index in [0.29, 0.717) is 48.7 Å². The van der Waals surface area contributed by atoms with Crippen molar-refractivity contribution >= 4 is 22.8 Å². The summed E-state index contributed by atoms with van der Waals surface area (Å²) in [6.45, 7) is 2.50. The van der Waals surface area contributed by atoms with Crippen LogP contribution in [0.2, 0.25) is 0 Å². The van der Waals surface area contributed by atoms with E-state index < -0.39 is 0 Å². The lowest BCUT2D eigenvalue weighted by molar-refractivity contribution is 0.0741. The van der Waals surface area contributed by atoms with Gasteiger partial charge >= 0.3 is 0 Å². The molecule has 1 aromatic carbocycles. The normalized spacial score (nSPS) is 15.0. The summed E-state index contributed by atoms with van der Waals surface area (Å²) >= 11 is 0. The van der Waals surface area contributed by atoms with Gasteiger partial charge in [-0.1, -0.05) is 6.07 Å². The molecule has 122 valence electrons. The molecule has 1 fully saturated rings. The van der Waals surface area contributed by atoms with E-state index in [9.17, 15) is 9.18 Å². The number of anilines is 1. The standard InChI is InChI=1S/C17H16FN5O/c18-13-3-1-4-14-12(13)11-15(21-14)16(24)22-7-9-23(10-8-22)17-19-5-2-6-20-17/h1-6,11,21H,7-10H2. The molecule has 3 heterocycles. The highest BCUT2D eigenvalue weighted by molar-refractivity contribution is 5.98. The molecule has 24 heavy (non-hydrogen) atoms. The zero-order valence-corrected chi connectivity index (χ0v) is 12.9. The van der Waals surface area contributed by atoms with Crippen molar-refractivity contribution < 1.29 is 9.18 Å². The van der Waals surface area contributed by atoms with Crippen LogP contribution in [0.5, 0.6) is 0 Å². The Morgan fingerprint density at radius 2 is 1.83 bits per heavy atom. The molecule has 0 atom stereocenters. The summed E-state index contributed by atoms with van der Waals surface area (Å²) in [6.07, 6.45) is 3.41. The zero-order chi connectivity index (χ0) is 16.5. The maximum absolute atomic E-state index is 13.8. The molecule has 6 nitrogen and oxygen atoms in total. The predicted molar refractivity (Wildman–Crippen MR) is 88.4 cm³/mol. The first-order valence-corrected chi connectivity index (χ1v) is 7.81. The average Bonchev–Trinajstić information content (AvgIpc) is 3.08. The summed E-state index contributed by atoms with van der Waals surface area (Å²) in [5.74, 6) is 0.241. The number of fused-ring (bicyclic) bond motifs is 1. The Bertz CT molecular complexity index is 871. The molecule has 0 bridgehead atoms. The second-order valence-corrected chi connectivity index (χ2v) is 5.71. The van der Waals surface area contributed by atoms with Crippen LogP contribution in [-0.4, -0.2) is 51.9 Å². The van der Waals surface area contributed by atoms with Crippen molar-refractivity contribution in [2.24, 2.45) is 0 Å². The number of halogens is 1. The third-order valence-corrected chi connectivity index (χ3v) is 4.24. The van der Waals surface area contributed by atoms with Crippen LogP contribution in [0.15, 0.2) is 42.7 Å². The first kappa shape index (κ1) is 14.6. The third kappa shape index (κ3) is 2.58. The van der Waals surface area contributed by atoms with Gasteiger partial charge in [0.25, 0.3) is 5.91 Å². The Hall–Kier alpha value is -2.96. The smallest absolute Gasteiger partial charge is 0.270 e. The number of nitrogens with one attached hydrogen (secondary N) is 1. The Morgan fingerprint density at radius 1 is 1.08 bits per heavy atom. The second kappa shape index (κ2) is 5.92. The topological polar surface area (TPSA) is 65.1 Å². The van der Waals surface area contributed by atoms with Crippen LogP contribution >= 0.6 is 0 Å². The highest BCUT2D eigenvalue weighted by atomic mass is 19.1. The fourth-order valence-electron chi connectivity index (χ4n) is 2.97. The second-order valence-electron chi connectivity index (χ2n) is 5.71. The number of aromatic amines is 1. The number of carbonyl (C=O) groups excluding carboxylic acids is 1. The summed E-state index contributed by atoms with van der Waals surface area (Å²) in [5.41, 5.74) is 1.05. The maximum atomic E-state index is 13.8. The number of hydrogen-bond acceptors (Lipinski definition) is 4. The molecule has 1 amide bonds. The van der Waals surface area contributed by atoms with E-state index in [1.165, 1.54) is 6.07 Å². The minimum atomic E-state index is -0.325. The number of amides is 1. The van der Waals surface area contributed by atoms with E-state index in [0.717, 1.165) is 0 Å². The van der Waals surface area contributed by atoms with Gasteiger partial charge in [0, 0.05) is 49.5 Å². The summed E-state index contributed by atoms with van der Waals surface area (Å²) in [6, 6.07) is 8.14. The van der Waals surface area contributed by atoms with Crippen molar-refractivity contribution in [2.75, 3.05) is 31.1 Å². The molecule has 0 saturated carbocycles. The summed E-state index contributed by atoms with van der Waals surface area (Å²) in [7, 11) is 0. The van der Waals surface area contributed by atoms with Crippen LogP contribution in [0.4, 0.5) is 10.3 Å². The predicted octanol–water partition coefficient (Wildman–Crippen LogP) is 2.06. The molecule has 2 aromatic heterocycles. The van der Waals surface area contributed by atoms with Crippen LogP contribution in [0, 0.1) is 5.82 Å². The zero-order valence-electron chi connectivity index (χ0n) is 12.9. The molecule has 1 saturated heterocycles. The number of piperazine rings is 1. The van der Waals surface area contributed by atoms with Gasteiger partial charge in [-0.3, -0.25) is 4.79 Å². The molecule has 0 unspecified atom stereocenters. The molecule has 7 heteroatoms. The van der Waals surface area contributed by atoms with Crippen molar-refractivity contribution in [3.63, 3.8) is 0 Å². The van der Waals surface area contributed by atoms with Crippen molar-refractivity contribution in [2.45, 2.75) is 0 Å². The maximum Gasteiger partial charge on any atom is 0.270 e. The van der Waals surface area contributed by atoms with Crippen LogP contribution in [-0.2, 0) is 0 Å². The lowest BCUT2D eigenvalue weighted by Gasteiger charge is -2.34. The molecule has 1 aliphatic rings. The summed E-state index contributed by atoms with van der Waals surface area (Å²) < 4.78 is 13.8. The Kier molecular flexibility index (Phi) is 3.60. The number of benzene rings is 1. The van der Waals surface area contributed by atoms with Gasteiger partial charge in [-0.05, 0) is 24.3 Å². The summed E-state index contributed by atoms with van der Waals surface area (Å²) in [5, 5.41) is 0.442. The van der Waals surface area contributed by atoms with Gasteiger partial charge in [-0.15, -0.1) is 0 Å². The van der Waals surface area contributed by atoms with Gasteiger partial charge in [0.1, 0.15) is 11.5 Å². The van der Waals surface area contributed by atoms with E-state index in [1.54, 1.807) is 41.6 Å². The number of carbonyl (C=O) groups is 1. The van der Waals surface area contributed by atoms with Crippen molar-refractivity contribution in [1.82, 2.24) is 19.9 Å². The Balaban J connectivity index is 1.48. The van der Waals surface area contributed by atoms with Crippen LogP contribution in [0.25, 0.3) is 10.9 Å². The lowest BCUT2D eigenvalue weighted by Crippen LogP contribution is -2.49. The van der Waals surface area contributed by atoms with Gasteiger partial charge in [0.05, 0.1) is 0 Å². The van der Waals surface area contributed by atoms with E-state index in [4.69, 9.17) is 0 Å². The molecule has 1 aliphatic heterocycles. The fourth-order valence-corrected chi connectivity index (χ4v) is 2.97. The van der Waals surface area contributed by atoms with Gasteiger partial charge in [-0.2, -0.15) is 0 Å². The monoisotopic (exact) mass is 325 g/mol. The van der Waals surface area contributed by atoms with E-state index in [1.807, 2.05) is 0 Å². The minimum absolute atomic E-state index is 0.112. The van der Waals surface area contributed by atoms with Crippen LogP contribution < -0.4 is 4.90 Å². The Morgan fingerprint density at radius 3 is 2.54 bits per heavy atom. The minimum Gasteiger partial charge on any atom is -0.350 e. The average molecular weight is 325 g/mol. The van der Waals surface area contributed by atoms with Gasteiger partial charge in [0.15, 0.2) is 0 Å². The molecule has 0 spiro atoms. The molecule has 1 N–H and O–H groups in total. The van der Waals surface area contributed by atoms with E-state index >= 15 is 0 Å². The van der Waals surface area contributed by atoms with Crippen LogP contribution in [0.3, 0.4) is 0 Å². The molecular weight excluding hydrogens is 309 g/mol. The third-order valence-electron chi connectivity index (χ3n) is 4.24. The van der Waals surface area contributed by atoms with E-state index in [2.05, 4.69) is 19.9 Å². The van der Waals surface area contributed by atoms with Gasteiger partial charge in [0.2, 0.25) is 5.95 Å². The largest absolute Gasteiger partial charge is 0.350 e. The first-order chi connectivity index (χ1) is 11.7. The number of rotatable bonds is 2. The molecular formula is C17H16FN5O. The number of H-pyrrole nitrogens is 1. The quantitative estimate of drug-likeness (QED) is 0.783.